The largest absolute Gasteiger partial charge is 0.398 e. The fraction of sp³-hybridized carbons (Fsp3) is 0.500. The standard InChI is InChI=1S/C14H22N2OS/c1-5-16(6-2)14(17)11(4)18-12-9-7-8-10(3)13(12)15/h7-9,11H,5-6,15H2,1-4H3. The van der Waals surface area contributed by atoms with E-state index in [2.05, 4.69) is 0 Å². The minimum Gasteiger partial charge on any atom is -0.398 e. The Balaban J connectivity index is 2.78. The fourth-order valence-electron chi connectivity index (χ4n) is 1.79. The summed E-state index contributed by atoms with van der Waals surface area (Å²) in [5, 5.41) is -0.103. The molecule has 0 saturated carbocycles. The first kappa shape index (κ1) is 14.9. The van der Waals surface area contributed by atoms with Crippen LogP contribution in [0.3, 0.4) is 0 Å². The number of nitrogen functional groups attached to an aromatic ring is 1. The van der Waals surface area contributed by atoms with Gasteiger partial charge in [-0.1, -0.05) is 12.1 Å². The molecule has 0 radical (unpaired) electrons. The van der Waals surface area contributed by atoms with Crippen molar-refractivity contribution in [2.24, 2.45) is 0 Å². The molecule has 1 rings (SSSR count). The predicted octanol–water partition coefficient (Wildman–Crippen LogP) is 2.93. The second-order valence-corrected chi connectivity index (χ2v) is 5.64. The van der Waals surface area contributed by atoms with Crippen LogP contribution >= 0.6 is 11.8 Å². The third-order valence-electron chi connectivity index (χ3n) is 3.01. The van der Waals surface area contributed by atoms with Crippen molar-refractivity contribution in [1.29, 1.82) is 0 Å². The highest BCUT2D eigenvalue weighted by Crippen LogP contribution is 2.31. The summed E-state index contributed by atoms with van der Waals surface area (Å²) >= 11 is 1.54. The topological polar surface area (TPSA) is 46.3 Å². The van der Waals surface area contributed by atoms with Crippen LogP contribution in [0.1, 0.15) is 26.3 Å². The van der Waals surface area contributed by atoms with E-state index in [1.54, 1.807) is 0 Å². The number of hydrogen-bond donors (Lipinski definition) is 1. The lowest BCUT2D eigenvalue weighted by molar-refractivity contribution is -0.129. The molecule has 0 spiro atoms. The third-order valence-corrected chi connectivity index (χ3v) is 4.18. The lowest BCUT2D eigenvalue weighted by Crippen LogP contribution is -2.36. The first-order valence-electron chi connectivity index (χ1n) is 6.31. The molecule has 2 N–H and O–H groups in total. The van der Waals surface area contributed by atoms with Gasteiger partial charge in [0, 0.05) is 23.7 Å². The van der Waals surface area contributed by atoms with E-state index in [9.17, 15) is 4.79 Å². The Morgan fingerprint density at radius 1 is 1.39 bits per heavy atom. The number of carbonyl (C=O) groups excluding carboxylic acids is 1. The second-order valence-electron chi connectivity index (χ2n) is 4.26. The van der Waals surface area contributed by atoms with Crippen LogP contribution in [0.2, 0.25) is 0 Å². The summed E-state index contributed by atoms with van der Waals surface area (Å²) in [7, 11) is 0. The number of thioether (sulfide) groups is 1. The zero-order chi connectivity index (χ0) is 13.7. The summed E-state index contributed by atoms with van der Waals surface area (Å²) in [4.78, 5) is 15.0. The zero-order valence-corrected chi connectivity index (χ0v) is 12.4. The van der Waals surface area contributed by atoms with E-state index in [-0.39, 0.29) is 11.2 Å². The van der Waals surface area contributed by atoms with E-state index in [0.29, 0.717) is 0 Å². The maximum Gasteiger partial charge on any atom is 0.235 e. The van der Waals surface area contributed by atoms with Crippen LogP contribution in [0.5, 0.6) is 0 Å². The minimum atomic E-state index is -0.103. The van der Waals surface area contributed by atoms with Gasteiger partial charge in [-0.25, -0.2) is 0 Å². The molecule has 1 aromatic rings. The third kappa shape index (κ3) is 3.42. The van der Waals surface area contributed by atoms with Crippen molar-refractivity contribution in [3.05, 3.63) is 23.8 Å². The molecule has 0 aromatic heterocycles. The van der Waals surface area contributed by atoms with Gasteiger partial charge in [0.25, 0.3) is 0 Å². The van der Waals surface area contributed by atoms with Crippen LogP contribution in [-0.2, 0) is 4.79 Å². The number of benzene rings is 1. The normalized spacial score (nSPS) is 12.2. The molecule has 1 amide bonds. The number of rotatable bonds is 5. The SMILES string of the molecule is CCN(CC)C(=O)C(C)Sc1cccc(C)c1N. The summed E-state index contributed by atoms with van der Waals surface area (Å²) in [6.45, 7) is 9.43. The Labute approximate surface area is 114 Å². The zero-order valence-electron chi connectivity index (χ0n) is 11.6. The summed E-state index contributed by atoms with van der Waals surface area (Å²) in [5.41, 5.74) is 7.86. The molecule has 0 bridgehead atoms. The van der Waals surface area contributed by atoms with Crippen LogP contribution in [0, 0.1) is 6.92 Å². The smallest absolute Gasteiger partial charge is 0.235 e. The van der Waals surface area contributed by atoms with Crippen molar-refractivity contribution in [3.8, 4) is 0 Å². The first-order chi connectivity index (χ1) is 8.51. The highest BCUT2D eigenvalue weighted by Gasteiger charge is 2.20. The van der Waals surface area contributed by atoms with Crippen molar-refractivity contribution in [2.75, 3.05) is 18.8 Å². The van der Waals surface area contributed by atoms with Crippen LogP contribution in [-0.4, -0.2) is 29.1 Å². The van der Waals surface area contributed by atoms with E-state index in [1.165, 1.54) is 11.8 Å². The van der Waals surface area contributed by atoms with E-state index in [0.717, 1.165) is 29.2 Å². The van der Waals surface area contributed by atoms with Gasteiger partial charge in [0.15, 0.2) is 0 Å². The second kappa shape index (κ2) is 6.69. The van der Waals surface area contributed by atoms with Crippen LogP contribution in [0.15, 0.2) is 23.1 Å². The van der Waals surface area contributed by atoms with E-state index >= 15 is 0 Å². The van der Waals surface area contributed by atoms with Crippen molar-refractivity contribution in [2.45, 2.75) is 37.8 Å². The van der Waals surface area contributed by atoms with Crippen molar-refractivity contribution >= 4 is 23.4 Å². The van der Waals surface area contributed by atoms with Gasteiger partial charge in [0.05, 0.1) is 5.25 Å². The molecule has 18 heavy (non-hydrogen) atoms. The summed E-state index contributed by atoms with van der Waals surface area (Å²) in [6, 6.07) is 5.93. The van der Waals surface area contributed by atoms with Crippen molar-refractivity contribution < 1.29 is 4.79 Å². The number of nitrogens with two attached hydrogens (primary N) is 1. The van der Waals surface area contributed by atoms with E-state index in [4.69, 9.17) is 5.73 Å². The van der Waals surface area contributed by atoms with E-state index < -0.39 is 0 Å². The monoisotopic (exact) mass is 266 g/mol. The Morgan fingerprint density at radius 3 is 2.56 bits per heavy atom. The average Bonchev–Trinajstić information content (AvgIpc) is 2.36. The summed E-state index contributed by atoms with van der Waals surface area (Å²) in [6.07, 6.45) is 0. The number of amides is 1. The molecule has 1 unspecified atom stereocenters. The number of anilines is 1. The molecule has 1 atom stereocenters. The number of aryl methyl sites for hydroxylation is 1. The molecule has 0 heterocycles. The summed E-state index contributed by atoms with van der Waals surface area (Å²) < 4.78 is 0. The van der Waals surface area contributed by atoms with Gasteiger partial charge in [-0.05, 0) is 39.3 Å². The van der Waals surface area contributed by atoms with Crippen molar-refractivity contribution in [1.82, 2.24) is 4.90 Å². The molecule has 4 heteroatoms. The highest BCUT2D eigenvalue weighted by molar-refractivity contribution is 8.00. The number of para-hydroxylation sites is 1. The lowest BCUT2D eigenvalue weighted by atomic mass is 10.2. The molecular weight excluding hydrogens is 244 g/mol. The molecule has 0 saturated heterocycles. The van der Waals surface area contributed by atoms with Gasteiger partial charge in [-0.15, -0.1) is 11.8 Å². The highest BCUT2D eigenvalue weighted by atomic mass is 32.2. The molecule has 1 aromatic carbocycles. The maximum absolute atomic E-state index is 12.2. The van der Waals surface area contributed by atoms with Crippen molar-refractivity contribution in [3.63, 3.8) is 0 Å². The summed E-state index contributed by atoms with van der Waals surface area (Å²) in [5.74, 6) is 0.172. The first-order valence-corrected chi connectivity index (χ1v) is 7.19. The number of hydrogen-bond acceptors (Lipinski definition) is 3. The van der Waals surface area contributed by atoms with Gasteiger partial charge in [-0.2, -0.15) is 0 Å². The van der Waals surface area contributed by atoms with Gasteiger partial charge in [0.1, 0.15) is 0 Å². The van der Waals surface area contributed by atoms with Gasteiger partial charge >= 0.3 is 0 Å². The van der Waals surface area contributed by atoms with Gasteiger partial charge in [-0.3, -0.25) is 4.79 Å². The fourth-order valence-corrected chi connectivity index (χ4v) is 2.87. The Hall–Kier alpha value is -1.16. The Morgan fingerprint density at radius 2 is 2.00 bits per heavy atom. The Kier molecular flexibility index (Phi) is 5.54. The van der Waals surface area contributed by atoms with Gasteiger partial charge in [0.2, 0.25) is 5.91 Å². The molecule has 0 aliphatic carbocycles. The number of nitrogens with zero attached hydrogens (tertiary/aromatic N) is 1. The molecule has 0 aliphatic heterocycles. The van der Waals surface area contributed by atoms with E-state index in [1.807, 2.05) is 50.8 Å². The van der Waals surface area contributed by atoms with Crippen LogP contribution in [0.25, 0.3) is 0 Å². The predicted molar refractivity (Wildman–Crippen MR) is 78.8 cm³/mol. The Bertz CT molecular complexity index is 416. The minimum absolute atomic E-state index is 0.103. The quantitative estimate of drug-likeness (QED) is 0.658. The van der Waals surface area contributed by atoms with Crippen LogP contribution in [0.4, 0.5) is 5.69 Å². The maximum atomic E-state index is 12.2. The molecule has 100 valence electrons. The van der Waals surface area contributed by atoms with Crippen LogP contribution < -0.4 is 5.73 Å². The van der Waals surface area contributed by atoms with Gasteiger partial charge < -0.3 is 10.6 Å². The molecular formula is C14H22N2OS. The molecule has 0 aliphatic rings. The number of carbonyl (C=O) groups is 1. The molecule has 0 fully saturated rings. The lowest BCUT2D eigenvalue weighted by Gasteiger charge is -2.23. The average molecular weight is 266 g/mol. The molecule has 3 nitrogen and oxygen atoms in total.